The van der Waals surface area contributed by atoms with E-state index in [2.05, 4.69) is 20.9 Å². The van der Waals surface area contributed by atoms with Crippen molar-refractivity contribution >= 4 is 27.8 Å². The van der Waals surface area contributed by atoms with Gasteiger partial charge in [-0.3, -0.25) is 4.79 Å². The number of rotatable bonds is 4. The van der Waals surface area contributed by atoms with Crippen LogP contribution >= 0.6 is 15.9 Å². The minimum atomic E-state index is -1.15. The van der Waals surface area contributed by atoms with E-state index < -0.39 is 11.9 Å². The summed E-state index contributed by atoms with van der Waals surface area (Å²) in [5.41, 5.74) is 5.24. The number of primary amides is 1. The highest BCUT2D eigenvalue weighted by molar-refractivity contribution is 9.10. The molecule has 20 heavy (non-hydrogen) atoms. The third-order valence-electron chi connectivity index (χ3n) is 2.42. The molecule has 0 spiro atoms. The van der Waals surface area contributed by atoms with Crippen LogP contribution in [0.25, 0.3) is 0 Å². The van der Waals surface area contributed by atoms with E-state index in [1.54, 1.807) is 6.07 Å². The Bertz CT molecular complexity index is 688. The van der Waals surface area contributed by atoms with Crippen molar-refractivity contribution in [2.75, 3.05) is 0 Å². The predicted octanol–water partition coefficient (Wildman–Crippen LogP) is 2.43. The molecule has 0 aliphatic carbocycles. The van der Waals surface area contributed by atoms with Crippen molar-refractivity contribution in [3.8, 4) is 11.6 Å². The lowest BCUT2D eigenvalue weighted by molar-refractivity contribution is 0.0694. The van der Waals surface area contributed by atoms with Gasteiger partial charge in [-0.05, 0) is 30.3 Å². The number of pyridine rings is 1. The molecule has 1 amide bonds. The zero-order valence-electron chi connectivity index (χ0n) is 10.0. The second-order valence-corrected chi connectivity index (χ2v) is 4.68. The molecular formula is C13H9BrN2O4. The largest absolute Gasteiger partial charge is 0.478 e. The number of hydrogen-bond acceptors (Lipinski definition) is 4. The van der Waals surface area contributed by atoms with Crippen molar-refractivity contribution < 1.29 is 19.4 Å². The van der Waals surface area contributed by atoms with Crippen molar-refractivity contribution in [3.05, 3.63) is 52.1 Å². The lowest BCUT2D eigenvalue weighted by Gasteiger charge is -2.10. The zero-order chi connectivity index (χ0) is 14.7. The van der Waals surface area contributed by atoms with E-state index in [-0.39, 0.29) is 22.8 Å². The van der Waals surface area contributed by atoms with E-state index in [1.165, 1.54) is 30.5 Å². The van der Waals surface area contributed by atoms with Crippen molar-refractivity contribution in [1.29, 1.82) is 0 Å². The molecule has 0 bridgehead atoms. The fourth-order valence-corrected chi connectivity index (χ4v) is 1.86. The first-order chi connectivity index (χ1) is 9.49. The number of aromatic nitrogens is 1. The molecule has 0 radical (unpaired) electrons. The molecule has 0 saturated carbocycles. The number of carboxylic acids is 1. The van der Waals surface area contributed by atoms with Gasteiger partial charge in [0.2, 0.25) is 5.88 Å². The summed E-state index contributed by atoms with van der Waals surface area (Å²) in [4.78, 5) is 26.3. The fourth-order valence-electron chi connectivity index (χ4n) is 1.52. The first kappa shape index (κ1) is 14.0. The molecule has 0 unspecified atom stereocenters. The van der Waals surface area contributed by atoms with E-state index in [0.717, 1.165) is 0 Å². The Kier molecular flexibility index (Phi) is 3.99. The van der Waals surface area contributed by atoms with E-state index >= 15 is 0 Å². The normalized spacial score (nSPS) is 10.1. The van der Waals surface area contributed by atoms with E-state index in [4.69, 9.17) is 15.6 Å². The number of halogens is 1. The summed E-state index contributed by atoms with van der Waals surface area (Å²) in [5, 5.41) is 9.11. The lowest BCUT2D eigenvalue weighted by Crippen LogP contribution is -2.13. The molecule has 1 aromatic heterocycles. The summed E-state index contributed by atoms with van der Waals surface area (Å²) < 4.78 is 6.05. The number of carbonyl (C=O) groups is 2. The zero-order valence-corrected chi connectivity index (χ0v) is 11.6. The molecule has 0 aliphatic rings. The van der Waals surface area contributed by atoms with E-state index in [9.17, 15) is 9.59 Å². The van der Waals surface area contributed by atoms with Gasteiger partial charge in [0.05, 0.1) is 0 Å². The van der Waals surface area contributed by atoms with Crippen LogP contribution in [0, 0.1) is 0 Å². The van der Waals surface area contributed by atoms with Gasteiger partial charge in [0.25, 0.3) is 5.91 Å². The Balaban J connectivity index is 2.47. The van der Waals surface area contributed by atoms with Crippen LogP contribution in [0.2, 0.25) is 0 Å². The topological polar surface area (TPSA) is 103 Å². The smallest absolute Gasteiger partial charge is 0.339 e. The van der Waals surface area contributed by atoms with Crippen LogP contribution in [0.3, 0.4) is 0 Å². The molecule has 0 atom stereocenters. The molecule has 0 saturated heterocycles. The Morgan fingerprint density at radius 2 is 2.00 bits per heavy atom. The van der Waals surface area contributed by atoms with E-state index in [1.807, 2.05) is 0 Å². The highest BCUT2D eigenvalue weighted by Crippen LogP contribution is 2.29. The molecular weight excluding hydrogens is 328 g/mol. The third-order valence-corrected chi connectivity index (χ3v) is 2.91. The molecule has 6 nitrogen and oxygen atoms in total. The molecule has 1 aromatic carbocycles. The van der Waals surface area contributed by atoms with Gasteiger partial charge in [-0.1, -0.05) is 15.9 Å². The van der Waals surface area contributed by atoms with Crippen molar-refractivity contribution in [2.24, 2.45) is 5.73 Å². The summed E-state index contributed by atoms with van der Waals surface area (Å²) in [6, 6.07) is 7.41. The average Bonchev–Trinajstić information content (AvgIpc) is 2.38. The number of carbonyl (C=O) groups excluding carboxylic acids is 1. The summed E-state index contributed by atoms with van der Waals surface area (Å²) in [5.74, 6) is -1.84. The second-order valence-electron chi connectivity index (χ2n) is 3.77. The molecule has 2 rings (SSSR count). The molecule has 3 N–H and O–H groups in total. The van der Waals surface area contributed by atoms with E-state index in [0.29, 0.717) is 4.47 Å². The molecule has 1 heterocycles. The van der Waals surface area contributed by atoms with Crippen LogP contribution in [0.5, 0.6) is 11.6 Å². The number of hydrogen-bond donors (Lipinski definition) is 2. The highest BCUT2D eigenvalue weighted by atomic mass is 79.9. The molecule has 7 heteroatoms. The maximum Gasteiger partial charge on any atom is 0.339 e. The first-order valence-corrected chi connectivity index (χ1v) is 6.24. The van der Waals surface area contributed by atoms with Gasteiger partial charge < -0.3 is 15.6 Å². The Hall–Kier alpha value is -2.41. The number of amides is 1. The van der Waals surface area contributed by atoms with Crippen LogP contribution in [0.15, 0.2) is 41.0 Å². The van der Waals surface area contributed by atoms with Crippen molar-refractivity contribution in [1.82, 2.24) is 4.98 Å². The van der Waals surface area contributed by atoms with Gasteiger partial charge in [-0.2, -0.15) is 0 Å². The van der Waals surface area contributed by atoms with Crippen molar-refractivity contribution in [3.63, 3.8) is 0 Å². The van der Waals surface area contributed by atoms with Crippen molar-refractivity contribution in [2.45, 2.75) is 0 Å². The fraction of sp³-hybridized carbons (Fsp3) is 0. The number of benzene rings is 1. The Morgan fingerprint density at radius 3 is 2.65 bits per heavy atom. The summed E-state index contributed by atoms with van der Waals surface area (Å²) >= 11 is 3.22. The van der Waals surface area contributed by atoms with Gasteiger partial charge in [-0.25, -0.2) is 9.78 Å². The predicted molar refractivity (Wildman–Crippen MR) is 73.9 cm³/mol. The van der Waals surface area contributed by atoms with Gasteiger partial charge in [0.1, 0.15) is 16.9 Å². The van der Waals surface area contributed by atoms with Crippen LogP contribution in [-0.4, -0.2) is 22.0 Å². The molecule has 102 valence electrons. The van der Waals surface area contributed by atoms with Crippen LogP contribution in [0.4, 0.5) is 0 Å². The van der Waals surface area contributed by atoms with Gasteiger partial charge in [-0.15, -0.1) is 0 Å². The number of carboxylic acid groups (broad SMARTS) is 1. The second kappa shape index (κ2) is 5.70. The number of nitrogens with zero attached hydrogens (tertiary/aromatic N) is 1. The maximum absolute atomic E-state index is 11.3. The van der Waals surface area contributed by atoms with Gasteiger partial charge in [0.15, 0.2) is 0 Å². The van der Waals surface area contributed by atoms with Gasteiger partial charge in [0, 0.05) is 10.7 Å². The van der Waals surface area contributed by atoms with Crippen LogP contribution < -0.4 is 10.5 Å². The molecule has 0 fully saturated rings. The first-order valence-electron chi connectivity index (χ1n) is 5.44. The lowest BCUT2D eigenvalue weighted by atomic mass is 10.2. The molecule has 0 aliphatic heterocycles. The summed E-state index contributed by atoms with van der Waals surface area (Å²) in [7, 11) is 0. The minimum absolute atomic E-state index is 0.0411. The number of ether oxygens (including phenoxy) is 1. The summed E-state index contributed by atoms with van der Waals surface area (Å²) in [6.45, 7) is 0. The average molecular weight is 337 g/mol. The maximum atomic E-state index is 11.3. The van der Waals surface area contributed by atoms with Crippen LogP contribution in [0.1, 0.15) is 20.7 Å². The monoisotopic (exact) mass is 336 g/mol. The minimum Gasteiger partial charge on any atom is -0.478 e. The standard InChI is InChI=1S/C13H9BrN2O4/c14-7-3-4-8(13(18)19)10(6-7)20-12-9(11(15)17)2-1-5-16-12/h1-6H,(H2,15,17)(H,18,19). The Morgan fingerprint density at radius 1 is 1.25 bits per heavy atom. The summed E-state index contributed by atoms with van der Waals surface area (Å²) in [6.07, 6.45) is 1.42. The third kappa shape index (κ3) is 2.94. The van der Waals surface area contributed by atoms with Crippen LogP contribution in [-0.2, 0) is 0 Å². The SMILES string of the molecule is NC(=O)c1cccnc1Oc1cc(Br)ccc1C(=O)O. The molecule has 2 aromatic rings. The number of aromatic carboxylic acids is 1. The highest BCUT2D eigenvalue weighted by Gasteiger charge is 2.16. The number of nitrogens with two attached hydrogens (primary N) is 1. The van der Waals surface area contributed by atoms with Gasteiger partial charge >= 0.3 is 5.97 Å². The Labute approximate surface area is 122 Å². The quantitative estimate of drug-likeness (QED) is 0.892.